The minimum Gasteiger partial charge on any atom is -0.455 e. The molecule has 0 atom stereocenters. The number of allylic oxidation sites excluding steroid dienone is 1. The van der Waals surface area contributed by atoms with Crippen molar-refractivity contribution in [2.24, 2.45) is 0 Å². The number of nitrogens with zero attached hydrogens (tertiary/aromatic N) is 2. The second kappa shape index (κ2) is 12.6. The first-order chi connectivity index (χ1) is 28.3. The molecule has 0 N–H and O–H groups in total. The molecule has 3 heteroatoms. The molecule has 268 valence electrons. The Labute approximate surface area is 330 Å². The zero-order chi connectivity index (χ0) is 37.5. The fourth-order valence-corrected chi connectivity index (χ4v) is 9.45. The van der Waals surface area contributed by atoms with Gasteiger partial charge in [0, 0.05) is 55.1 Å². The van der Waals surface area contributed by atoms with E-state index < -0.39 is 0 Å². The number of fused-ring (bicyclic) bond motifs is 9. The van der Waals surface area contributed by atoms with E-state index in [1.54, 1.807) is 0 Å². The van der Waals surface area contributed by atoms with Crippen molar-refractivity contribution in [1.82, 2.24) is 9.13 Å². The summed E-state index contributed by atoms with van der Waals surface area (Å²) in [4.78, 5) is 0. The maximum Gasteiger partial charge on any atom is 0.143 e. The molecule has 0 aliphatic heterocycles. The van der Waals surface area contributed by atoms with Gasteiger partial charge in [-0.15, -0.1) is 0 Å². The Bertz CT molecular complexity index is 3400. The van der Waals surface area contributed by atoms with E-state index in [2.05, 4.69) is 203 Å². The molecule has 0 saturated carbocycles. The Kier molecular flexibility index (Phi) is 7.05. The van der Waals surface area contributed by atoms with Gasteiger partial charge in [-0.3, -0.25) is 0 Å². The third-order valence-corrected chi connectivity index (χ3v) is 12.0. The first-order valence-corrected chi connectivity index (χ1v) is 19.8. The summed E-state index contributed by atoms with van der Waals surface area (Å²) < 4.78 is 11.6. The Hall–Kier alpha value is -7.36. The molecular weight excluding hydrogens is 693 g/mol. The van der Waals surface area contributed by atoms with Crippen LogP contribution in [0.3, 0.4) is 0 Å². The van der Waals surface area contributed by atoms with E-state index in [9.17, 15) is 0 Å². The van der Waals surface area contributed by atoms with Crippen LogP contribution in [0.4, 0.5) is 0 Å². The van der Waals surface area contributed by atoms with Gasteiger partial charge in [0.05, 0.1) is 16.6 Å². The maximum atomic E-state index is 6.82. The number of rotatable bonds is 5. The number of hydrogen-bond donors (Lipinski definition) is 0. The molecule has 57 heavy (non-hydrogen) atoms. The normalized spacial score (nSPS) is 12.7. The Morgan fingerprint density at radius 3 is 1.89 bits per heavy atom. The molecule has 8 aromatic carbocycles. The standard InChI is InChI=1S/C54H36N2O/c1-3-16-39(17-4-1)55-48-25-9-7-20-43(48)46-33-36(28-30-50(46)55)35-14-11-15-37(32-35)41-22-13-27-52-53(41)45-24-12-23-42(54(45)57-52)38-29-31-51-47(34-38)44-21-8-10-26-49(44)56(51)40-18-5-2-6-19-40/h1-9,11-25,27-34H,10,26H2. The SMILES string of the molecule is C1=Cc2c(n(-c3ccccc3)c3ccc(-c4cccc5c4oc4cccc(-c6cccc(-c7ccc8c(c7)c7ccccc7n8-c7ccccc7)c6)c45)cc23)CC1. The van der Waals surface area contributed by atoms with Crippen LogP contribution >= 0.6 is 0 Å². The summed E-state index contributed by atoms with van der Waals surface area (Å²) in [5, 5.41) is 6.05. The van der Waals surface area contributed by atoms with Gasteiger partial charge in [-0.05, 0) is 107 Å². The van der Waals surface area contributed by atoms with Gasteiger partial charge in [-0.2, -0.15) is 0 Å². The average Bonchev–Trinajstić information content (AvgIpc) is 3.94. The molecule has 12 rings (SSSR count). The van der Waals surface area contributed by atoms with Crippen LogP contribution in [-0.2, 0) is 6.42 Å². The first kappa shape index (κ1) is 31.9. The smallest absolute Gasteiger partial charge is 0.143 e. The highest BCUT2D eigenvalue weighted by atomic mass is 16.3. The molecule has 0 fully saturated rings. The highest BCUT2D eigenvalue weighted by Gasteiger charge is 2.21. The molecule has 3 nitrogen and oxygen atoms in total. The molecule has 11 aromatic rings. The number of para-hydroxylation sites is 4. The van der Waals surface area contributed by atoms with Gasteiger partial charge in [0.15, 0.2) is 0 Å². The van der Waals surface area contributed by atoms with Crippen molar-refractivity contribution in [2.75, 3.05) is 0 Å². The van der Waals surface area contributed by atoms with Crippen LogP contribution in [0, 0.1) is 0 Å². The zero-order valence-corrected chi connectivity index (χ0v) is 31.2. The highest BCUT2D eigenvalue weighted by molar-refractivity contribution is 6.16. The molecule has 0 saturated heterocycles. The lowest BCUT2D eigenvalue weighted by Crippen LogP contribution is -2.02. The van der Waals surface area contributed by atoms with E-state index in [4.69, 9.17) is 4.42 Å². The van der Waals surface area contributed by atoms with E-state index in [0.717, 1.165) is 45.9 Å². The van der Waals surface area contributed by atoms with Gasteiger partial charge >= 0.3 is 0 Å². The Morgan fingerprint density at radius 2 is 1.04 bits per heavy atom. The molecule has 0 bridgehead atoms. The Morgan fingerprint density at radius 1 is 0.421 bits per heavy atom. The quantitative estimate of drug-likeness (QED) is 0.173. The van der Waals surface area contributed by atoms with Gasteiger partial charge in [-0.25, -0.2) is 0 Å². The molecule has 1 aliphatic carbocycles. The van der Waals surface area contributed by atoms with Crippen molar-refractivity contribution in [1.29, 1.82) is 0 Å². The third kappa shape index (κ3) is 4.92. The van der Waals surface area contributed by atoms with Gasteiger partial charge in [-0.1, -0.05) is 127 Å². The average molecular weight is 729 g/mol. The topological polar surface area (TPSA) is 23.0 Å². The van der Waals surface area contributed by atoms with Crippen molar-refractivity contribution >= 4 is 60.7 Å². The molecular formula is C54H36N2O. The van der Waals surface area contributed by atoms with Crippen LogP contribution in [0.25, 0.3) is 105 Å². The van der Waals surface area contributed by atoms with Crippen LogP contribution in [0.15, 0.2) is 192 Å². The van der Waals surface area contributed by atoms with Gasteiger partial charge in [0.2, 0.25) is 0 Å². The molecule has 0 amide bonds. The predicted octanol–water partition coefficient (Wildman–Crippen LogP) is 14.6. The van der Waals surface area contributed by atoms with Crippen LogP contribution < -0.4 is 0 Å². The number of furan rings is 1. The highest BCUT2D eigenvalue weighted by Crippen LogP contribution is 2.43. The van der Waals surface area contributed by atoms with Crippen LogP contribution in [0.2, 0.25) is 0 Å². The van der Waals surface area contributed by atoms with E-state index in [1.165, 1.54) is 77.6 Å². The summed E-state index contributed by atoms with van der Waals surface area (Å²) in [6.45, 7) is 0. The Balaban J connectivity index is 0.980. The van der Waals surface area contributed by atoms with Crippen molar-refractivity contribution in [3.05, 3.63) is 199 Å². The largest absolute Gasteiger partial charge is 0.455 e. The molecule has 0 radical (unpaired) electrons. The van der Waals surface area contributed by atoms with Crippen molar-refractivity contribution < 1.29 is 4.42 Å². The minimum atomic E-state index is 0.895. The van der Waals surface area contributed by atoms with E-state index in [1.807, 2.05) is 0 Å². The number of hydrogen-bond acceptors (Lipinski definition) is 1. The van der Waals surface area contributed by atoms with Crippen LogP contribution in [0.1, 0.15) is 17.7 Å². The van der Waals surface area contributed by atoms with Crippen molar-refractivity contribution in [3.63, 3.8) is 0 Å². The lowest BCUT2D eigenvalue weighted by molar-refractivity contribution is 0.670. The summed E-state index contributed by atoms with van der Waals surface area (Å²) in [7, 11) is 0. The second-order valence-corrected chi connectivity index (χ2v) is 15.2. The molecule has 0 unspecified atom stereocenters. The van der Waals surface area contributed by atoms with Crippen LogP contribution in [-0.4, -0.2) is 9.13 Å². The fraction of sp³-hybridized carbons (Fsp3) is 0.0370. The fourth-order valence-electron chi connectivity index (χ4n) is 9.45. The monoisotopic (exact) mass is 728 g/mol. The van der Waals surface area contributed by atoms with Gasteiger partial charge in [0.25, 0.3) is 0 Å². The van der Waals surface area contributed by atoms with E-state index in [-0.39, 0.29) is 0 Å². The van der Waals surface area contributed by atoms with E-state index >= 15 is 0 Å². The predicted molar refractivity (Wildman–Crippen MR) is 239 cm³/mol. The van der Waals surface area contributed by atoms with Crippen LogP contribution in [0.5, 0.6) is 0 Å². The van der Waals surface area contributed by atoms with Gasteiger partial charge in [0.1, 0.15) is 11.2 Å². The van der Waals surface area contributed by atoms with E-state index in [0.29, 0.717) is 0 Å². The molecule has 3 aromatic heterocycles. The number of benzene rings is 8. The third-order valence-electron chi connectivity index (χ3n) is 12.0. The summed E-state index contributed by atoms with van der Waals surface area (Å²) >= 11 is 0. The molecule has 1 aliphatic rings. The molecule has 0 spiro atoms. The zero-order valence-electron chi connectivity index (χ0n) is 31.2. The summed E-state index contributed by atoms with van der Waals surface area (Å²) in [5.74, 6) is 0. The lowest BCUT2D eigenvalue weighted by atomic mass is 9.94. The first-order valence-electron chi connectivity index (χ1n) is 19.8. The molecule has 3 heterocycles. The van der Waals surface area contributed by atoms with Crippen molar-refractivity contribution in [2.45, 2.75) is 12.8 Å². The summed E-state index contributed by atoms with van der Waals surface area (Å²) in [6, 6.07) is 65.9. The summed E-state index contributed by atoms with van der Waals surface area (Å²) in [5.41, 5.74) is 17.5. The summed E-state index contributed by atoms with van der Waals surface area (Å²) in [6.07, 6.45) is 6.71. The van der Waals surface area contributed by atoms with Crippen molar-refractivity contribution in [3.8, 4) is 44.8 Å². The number of aromatic nitrogens is 2. The lowest BCUT2D eigenvalue weighted by Gasteiger charge is -2.13. The minimum absolute atomic E-state index is 0.895. The maximum absolute atomic E-state index is 6.82. The van der Waals surface area contributed by atoms with Gasteiger partial charge < -0.3 is 13.6 Å². The second-order valence-electron chi connectivity index (χ2n) is 15.2.